The summed E-state index contributed by atoms with van der Waals surface area (Å²) in [6, 6.07) is 8.69. The monoisotopic (exact) mass is 208 g/mol. The van der Waals surface area contributed by atoms with E-state index in [-0.39, 0.29) is 5.41 Å². The maximum atomic E-state index is 2.42. The number of benzene rings is 1. The molecule has 1 atom stereocenters. The maximum Gasteiger partial charge on any atom is 0.0150 e. The molecule has 0 radical (unpaired) electrons. The van der Waals surface area contributed by atoms with Gasteiger partial charge in [-0.15, -0.1) is 0 Å². The van der Waals surface area contributed by atoms with Crippen LogP contribution >= 0.6 is 0 Å². The Bertz CT molecular complexity index is 614. The van der Waals surface area contributed by atoms with Gasteiger partial charge in [0.15, 0.2) is 0 Å². The number of fused-ring (bicyclic) bond motifs is 2. The van der Waals surface area contributed by atoms with Crippen molar-refractivity contribution in [2.45, 2.75) is 20.3 Å². The van der Waals surface area contributed by atoms with Gasteiger partial charge in [-0.1, -0.05) is 55.5 Å². The minimum atomic E-state index is 0.202. The van der Waals surface area contributed by atoms with Crippen LogP contribution in [0.25, 0.3) is 11.6 Å². The van der Waals surface area contributed by atoms with Crippen molar-refractivity contribution < 1.29 is 0 Å². The summed E-state index contributed by atoms with van der Waals surface area (Å²) in [7, 11) is 0. The second-order valence-corrected chi connectivity index (χ2v) is 4.99. The second-order valence-electron chi connectivity index (χ2n) is 4.99. The van der Waals surface area contributed by atoms with Crippen LogP contribution < -0.4 is 10.4 Å². The van der Waals surface area contributed by atoms with E-state index in [1.807, 2.05) is 0 Å². The molecule has 0 fully saturated rings. The molecule has 0 N–H and O–H groups in total. The predicted molar refractivity (Wildman–Crippen MR) is 69.2 cm³/mol. The average molecular weight is 208 g/mol. The molecule has 2 aliphatic carbocycles. The highest BCUT2D eigenvalue weighted by Gasteiger charge is 2.29. The highest BCUT2D eigenvalue weighted by Crippen LogP contribution is 2.40. The van der Waals surface area contributed by atoms with Crippen LogP contribution in [-0.4, -0.2) is 0 Å². The zero-order chi connectivity index (χ0) is 11.2. The summed E-state index contributed by atoms with van der Waals surface area (Å²) in [6.45, 7) is 4.58. The molecule has 16 heavy (non-hydrogen) atoms. The first-order chi connectivity index (χ1) is 7.71. The lowest BCUT2D eigenvalue weighted by molar-refractivity contribution is 0.565. The largest absolute Gasteiger partial charge is 0.0833 e. The van der Waals surface area contributed by atoms with E-state index in [2.05, 4.69) is 62.4 Å². The van der Waals surface area contributed by atoms with Crippen molar-refractivity contribution in [3.8, 4) is 0 Å². The van der Waals surface area contributed by atoms with Crippen LogP contribution in [0, 0.1) is 5.41 Å². The van der Waals surface area contributed by atoms with E-state index in [1.165, 1.54) is 21.6 Å². The molecule has 1 aromatic rings. The van der Waals surface area contributed by atoms with E-state index in [9.17, 15) is 0 Å². The Morgan fingerprint density at radius 2 is 2.00 bits per heavy atom. The molecule has 0 amide bonds. The third kappa shape index (κ3) is 1.23. The zero-order valence-electron chi connectivity index (χ0n) is 9.83. The molecule has 1 aromatic carbocycles. The standard InChI is InChI=1S/C16H16/c1-12-14-8-4-3-7-13(14)11-16(2)10-6-5-9-15(12)16/h3-9,11H,10H2,1-2H3. The third-order valence-electron chi connectivity index (χ3n) is 3.80. The SMILES string of the molecule is CC1=c2ccccc2=CC2(C)CC=CC=C12. The van der Waals surface area contributed by atoms with Crippen LogP contribution in [0.1, 0.15) is 20.3 Å². The lowest BCUT2D eigenvalue weighted by atomic mass is 9.70. The van der Waals surface area contributed by atoms with Gasteiger partial charge in [-0.25, -0.2) is 0 Å². The van der Waals surface area contributed by atoms with Crippen molar-refractivity contribution >= 4 is 11.6 Å². The molecule has 0 aliphatic heterocycles. The Morgan fingerprint density at radius 3 is 2.88 bits per heavy atom. The van der Waals surface area contributed by atoms with Gasteiger partial charge in [0, 0.05) is 5.41 Å². The molecule has 0 spiro atoms. The highest BCUT2D eigenvalue weighted by molar-refractivity contribution is 5.73. The van der Waals surface area contributed by atoms with E-state index >= 15 is 0 Å². The van der Waals surface area contributed by atoms with E-state index in [0.29, 0.717) is 0 Å². The number of allylic oxidation sites excluding steroid dienone is 4. The fourth-order valence-electron chi connectivity index (χ4n) is 2.92. The summed E-state index contributed by atoms with van der Waals surface area (Å²) >= 11 is 0. The summed E-state index contributed by atoms with van der Waals surface area (Å²) in [5, 5.41) is 2.77. The van der Waals surface area contributed by atoms with Crippen molar-refractivity contribution in [1.29, 1.82) is 0 Å². The highest BCUT2D eigenvalue weighted by atomic mass is 14.3. The fourth-order valence-corrected chi connectivity index (χ4v) is 2.92. The summed E-state index contributed by atoms with van der Waals surface area (Å²) in [6.07, 6.45) is 10.3. The smallest absolute Gasteiger partial charge is 0.0150 e. The fraction of sp³-hybridized carbons (Fsp3) is 0.250. The van der Waals surface area contributed by atoms with Gasteiger partial charge in [0.05, 0.1) is 0 Å². The molecule has 2 aliphatic rings. The minimum absolute atomic E-state index is 0.202. The van der Waals surface area contributed by atoms with E-state index in [1.54, 1.807) is 0 Å². The van der Waals surface area contributed by atoms with E-state index in [4.69, 9.17) is 0 Å². The summed E-state index contributed by atoms with van der Waals surface area (Å²) < 4.78 is 0. The first-order valence-electron chi connectivity index (χ1n) is 5.87. The second kappa shape index (κ2) is 3.21. The molecular weight excluding hydrogens is 192 g/mol. The molecule has 0 heterocycles. The van der Waals surface area contributed by atoms with Gasteiger partial charge < -0.3 is 0 Å². The Kier molecular flexibility index (Phi) is 1.94. The Balaban J connectivity index is 2.43. The molecule has 0 saturated heterocycles. The third-order valence-corrected chi connectivity index (χ3v) is 3.80. The van der Waals surface area contributed by atoms with Crippen LogP contribution in [0.2, 0.25) is 0 Å². The Labute approximate surface area is 96.3 Å². The van der Waals surface area contributed by atoms with Crippen LogP contribution in [0.4, 0.5) is 0 Å². The van der Waals surface area contributed by atoms with Crippen LogP contribution in [-0.2, 0) is 0 Å². The van der Waals surface area contributed by atoms with Gasteiger partial charge >= 0.3 is 0 Å². The molecule has 0 bridgehead atoms. The number of hydrogen-bond acceptors (Lipinski definition) is 0. The van der Waals surface area contributed by atoms with Gasteiger partial charge in [-0.2, -0.15) is 0 Å². The predicted octanol–water partition coefficient (Wildman–Crippen LogP) is 2.54. The topological polar surface area (TPSA) is 0 Å². The number of rotatable bonds is 0. The van der Waals surface area contributed by atoms with Gasteiger partial charge in [0.1, 0.15) is 0 Å². The van der Waals surface area contributed by atoms with Crippen molar-refractivity contribution in [2.75, 3.05) is 0 Å². The van der Waals surface area contributed by atoms with E-state index in [0.717, 1.165) is 6.42 Å². The quantitative estimate of drug-likeness (QED) is 0.614. The minimum Gasteiger partial charge on any atom is -0.0833 e. The molecule has 0 aromatic heterocycles. The van der Waals surface area contributed by atoms with Crippen LogP contribution in [0.5, 0.6) is 0 Å². The average Bonchev–Trinajstić information content (AvgIpc) is 2.28. The molecule has 0 nitrogen and oxygen atoms in total. The Morgan fingerprint density at radius 1 is 1.19 bits per heavy atom. The first-order valence-corrected chi connectivity index (χ1v) is 5.87. The van der Waals surface area contributed by atoms with Gasteiger partial charge in [0.2, 0.25) is 0 Å². The van der Waals surface area contributed by atoms with Crippen LogP contribution in [0.3, 0.4) is 0 Å². The molecule has 0 saturated carbocycles. The van der Waals surface area contributed by atoms with Crippen molar-refractivity contribution in [3.05, 3.63) is 58.5 Å². The zero-order valence-corrected chi connectivity index (χ0v) is 9.83. The van der Waals surface area contributed by atoms with Crippen molar-refractivity contribution in [3.63, 3.8) is 0 Å². The lowest BCUT2D eigenvalue weighted by Gasteiger charge is -2.33. The maximum absolute atomic E-state index is 2.42. The van der Waals surface area contributed by atoms with Gasteiger partial charge in [-0.3, -0.25) is 0 Å². The summed E-state index contributed by atoms with van der Waals surface area (Å²) in [4.78, 5) is 0. The van der Waals surface area contributed by atoms with Gasteiger partial charge in [0.25, 0.3) is 0 Å². The van der Waals surface area contributed by atoms with Gasteiger partial charge in [-0.05, 0) is 34.9 Å². The molecular formula is C16H16. The summed E-state index contributed by atoms with van der Waals surface area (Å²) in [5.74, 6) is 0. The van der Waals surface area contributed by atoms with E-state index < -0.39 is 0 Å². The molecule has 1 unspecified atom stereocenters. The Hall–Kier alpha value is -1.56. The lowest BCUT2D eigenvalue weighted by Crippen LogP contribution is -2.36. The molecule has 3 rings (SSSR count). The molecule has 0 heteroatoms. The van der Waals surface area contributed by atoms with Crippen LogP contribution in [0.15, 0.2) is 48.1 Å². The molecule has 80 valence electrons. The van der Waals surface area contributed by atoms with Crippen molar-refractivity contribution in [2.24, 2.45) is 5.41 Å². The van der Waals surface area contributed by atoms with Crippen molar-refractivity contribution in [1.82, 2.24) is 0 Å². The number of hydrogen-bond donors (Lipinski definition) is 0. The normalized spacial score (nSPS) is 26.6. The summed E-state index contributed by atoms with van der Waals surface area (Å²) in [5.41, 5.74) is 3.12. The first kappa shape index (κ1) is 9.65.